The van der Waals surface area contributed by atoms with E-state index in [1.54, 1.807) is 6.92 Å². The van der Waals surface area contributed by atoms with Crippen molar-refractivity contribution in [3.05, 3.63) is 0 Å². The molecule has 0 heterocycles. The van der Waals surface area contributed by atoms with Crippen molar-refractivity contribution in [2.75, 3.05) is 6.61 Å². The van der Waals surface area contributed by atoms with Crippen LogP contribution in [-0.2, 0) is 9.53 Å². The number of ether oxygens (including phenoxy) is 1. The van der Waals surface area contributed by atoms with Crippen molar-refractivity contribution in [2.24, 2.45) is 0 Å². The number of hydrogen-bond acceptors (Lipinski definition) is 3. The Kier molecular flexibility index (Phi) is 5.19. The van der Waals surface area contributed by atoms with Gasteiger partial charge in [-0.3, -0.25) is 0 Å². The lowest BCUT2D eigenvalue weighted by Gasteiger charge is -2.30. The van der Waals surface area contributed by atoms with E-state index in [9.17, 15) is 14.3 Å². The molecule has 0 aromatic rings. The number of alkyl halides is 1. The van der Waals surface area contributed by atoms with Crippen molar-refractivity contribution < 1.29 is 19.0 Å². The smallest absolute Gasteiger partial charge is 0.338 e. The van der Waals surface area contributed by atoms with Gasteiger partial charge in [0.05, 0.1) is 6.61 Å². The summed E-state index contributed by atoms with van der Waals surface area (Å²) >= 11 is 0. The van der Waals surface area contributed by atoms with Crippen LogP contribution in [0.1, 0.15) is 51.9 Å². The van der Waals surface area contributed by atoms with Gasteiger partial charge >= 0.3 is 5.97 Å². The summed E-state index contributed by atoms with van der Waals surface area (Å²) in [5, 5.41) is 9.70. The molecule has 16 heavy (non-hydrogen) atoms. The van der Waals surface area contributed by atoms with Crippen molar-refractivity contribution in [3.8, 4) is 0 Å². The third kappa shape index (κ3) is 3.44. The fourth-order valence-electron chi connectivity index (χ4n) is 2.20. The summed E-state index contributed by atoms with van der Waals surface area (Å²) in [7, 11) is 0. The van der Waals surface area contributed by atoms with Crippen molar-refractivity contribution >= 4 is 5.97 Å². The van der Waals surface area contributed by atoms with Crippen LogP contribution >= 0.6 is 0 Å². The first-order valence-corrected chi connectivity index (χ1v) is 6.14. The van der Waals surface area contributed by atoms with E-state index in [1.807, 2.05) is 0 Å². The van der Waals surface area contributed by atoms with Gasteiger partial charge in [0.1, 0.15) is 5.67 Å². The minimum atomic E-state index is -1.79. The SMILES string of the molecule is CCOC(=O)C(O)C1(F)CCCCCCC1. The predicted molar refractivity (Wildman–Crippen MR) is 58.8 cm³/mol. The van der Waals surface area contributed by atoms with Crippen LogP contribution in [0.4, 0.5) is 4.39 Å². The molecule has 1 saturated carbocycles. The molecule has 1 fully saturated rings. The molecule has 0 radical (unpaired) electrons. The Bertz CT molecular complexity index is 222. The molecule has 0 bridgehead atoms. The zero-order valence-electron chi connectivity index (χ0n) is 9.88. The Morgan fingerprint density at radius 1 is 1.31 bits per heavy atom. The summed E-state index contributed by atoms with van der Waals surface area (Å²) in [6, 6.07) is 0. The Balaban J connectivity index is 2.60. The second-order valence-electron chi connectivity index (χ2n) is 4.46. The molecule has 94 valence electrons. The lowest BCUT2D eigenvalue weighted by Crippen LogP contribution is -2.44. The van der Waals surface area contributed by atoms with Crippen LogP contribution in [0.15, 0.2) is 0 Å². The van der Waals surface area contributed by atoms with Gasteiger partial charge in [-0.25, -0.2) is 9.18 Å². The van der Waals surface area contributed by atoms with E-state index in [0.717, 1.165) is 32.1 Å². The maximum absolute atomic E-state index is 14.4. The highest BCUT2D eigenvalue weighted by Gasteiger charge is 2.42. The summed E-state index contributed by atoms with van der Waals surface area (Å²) < 4.78 is 19.1. The first kappa shape index (κ1) is 13.4. The maximum Gasteiger partial charge on any atom is 0.338 e. The van der Waals surface area contributed by atoms with Gasteiger partial charge in [0.15, 0.2) is 6.10 Å². The largest absolute Gasteiger partial charge is 0.464 e. The van der Waals surface area contributed by atoms with Crippen molar-refractivity contribution in [1.29, 1.82) is 0 Å². The van der Waals surface area contributed by atoms with Crippen LogP contribution in [0.3, 0.4) is 0 Å². The standard InChI is InChI=1S/C12H21FO3/c1-2-16-11(15)10(14)12(13)8-6-4-3-5-7-9-12/h10,14H,2-9H2,1H3. The number of carbonyl (C=O) groups excluding carboxylic acids is 1. The Morgan fingerprint density at radius 3 is 2.31 bits per heavy atom. The third-order valence-electron chi connectivity index (χ3n) is 3.18. The number of rotatable bonds is 3. The van der Waals surface area contributed by atoms with Gasteiger partial charge in [0.25, 0.3) is 0 Å². The number of carbonyl (C=O) groups is 1. The predicted octanol–water partition coefficient (Wildman–Crippen LogP) is 2.36. The molecular formula is C12H21FO3. The van der Waals surface area contributed by atoms with Gasteiger partial charge < -0.3 is 9.84 Å². The minimum Gasteiger partial charge on any atom is -0.464 e. The van der Waals surface area contributed by atoms with E-state index < -0.39 is 17.7 Å². The molecule has 0 amide bonds. The Morgan fingerprint density at radius 2 is 1.81 bits per heavy atom. The van der Waals surface area contributed by atoms with Crippen LogP contribution in [-0.4, -0.2) is 29.5 Å². The Labute approximate surface area is 96.0 Å². The first-order valence-electron chi connectivity index (χ1n) is 6.14. The molecule has 1 N–H and O–H groups in total. The van der Waals surface area contributed by atoms with E-state index in [1.165, 1.54) is 0 Å². The molecule has 0 aromatic heterocycles. The first-order chi connectivity index (χ1) is 7.60. The number of esters is 1. The number of aliphatic hydroxyl groups excluding tert-OH is 1. The average Bonchev–Trinajstić information content (AvgIpc) is 2.23. The van der Waals surface area contributed by atoms with Gasteiger partial charge in [0, 0.05) is 0 Å². The second kappa shape index (κ2) is 6.18. The quantitative estimate of drug-likeness (QED) is 0.760. The van der Waals surface area contributed by atoms with E-state index in [4.69, 9.17) is 0 Å². The number of hydrogen-bond donors (Lipinski definition) is 1. The summed E-state index contributed by atoms with van der Waals surface area (Å²) in [5.41, 5.74) is -1.79. The van der Waals surface area contributed by atoms with E-state index in [0.29, 0.717) is 0 Å². The minimum absolute atomic E-state index is 0.173. The molecule has 3 nitrogen and oxygen atoms in total. The zero-order valence-corrected chi connectivity index (χ0v) is 9.88. The molecule has 1 rings (SSSR count). The van der Waals surface area contributed by atoms with Crippen LogP contribution in [0.25, 0.3) is 0 Å². The zero-order chi connectivity index (χ0) is 12.0. The molecule has 0 spiro atoms. The lowest BCUT2D eigenvalue weighted by atomic mass is 9.84. The maximum atomic E-state index is 14.4. The van der Waals surface area contributed by atoms with Gasteiger partial charge in [-0.1, -0.05) is 32.1 Å². The molecule has 0 saturated heterocycles. The van der Waals surface area contributed by atoms with Gasteiger partial charge in [0.2, 0.25) is 0 Å². The lowest BCUT2D eigenvalue weighted by molar-refractivity contribution is -0.163. The molecule has 1 aliphatic carbocycles. The highest BCUT2D eigenvalue weighted by molar-refractivity contribution is 5.75. The van der Waals surface area contributed by atoms with Gasteiger partial charge in [-0.15, -0.1) is 0 Å². The molecule has 1 atom stereocenters. The van der Waals surface area contributed by atoms with E-state index >= 15 is 0 Å². The highest BCUT2D eigenvalue weighted by Crippen LogP contribution is 2.33. The van der Waals surface area contributed by atoms with Crippen LogP contribution in [0.5, 0.6) is 0 Å². The number of aliphatic hydroxyl groups is 1. The van der Waals surface area contributed by atoms with Crippen molar-refractivity contribution in [3.63, 3.8) is 0 Å². The number of halogens is 1. The van der Waals surface area contributed by atoms with Crippen LogP contribution in [0, 0.1) is 0 Å². The molecule has 0 aliphatic heterocycles. The van der Waals surface area contributed by atoms with Crippen molar-refractivity contribution in [2.45, 2.75) is 63.6 Å². The third-order valence-corrected chi connectivity index (χ3v) is 3.18. The molecule has 1 aliphatic rings. The summed E-state index contributed by atoms with van der Waals surface area (Å²) in [4.78, 5) is 11.3. The fourth-order valence-corrected chi connectivity index (χ4v) is 2.20. The Hall–Kier alpha value is -0.640. The normalized spacial score (nSPS) is 22.9. The molecule has 1 unspecified atom stereocenters. The molecule has 0 aromatic carbocycles. The molecular weight excluding hydrogens is 211 g/mol. The topological polar surface area (TPSA) is 46.5 Å². The summed E-state index contributed by atoms with van der Waals surface area (Å²) in [6.07, 6.45) is 3.42. The summed E-state index contributed by atoms with van der Waals surface area (Å²) in [6.45, 7) is 1.82. The van der Waals surface area contributed by atoms with Crippen molar-refractivity contribution in [1.82, 2.24) is 0 Å². The summed E-state index contributed by atoms with van der Waals surface area (Å²) in [5.74, 6) is -0.828. The van der Waals surface area contributed by atoms with Gasteiger partial charge in [-0.2, -0.15) is 0 Å². The average molecular weight is 232 g/mol. The van der Waals surface area contributed by atoms with Crippen LogP contribution < -0.4 is 0 Å². The van der Waals surface area contributed by atoms with E-state index in [-0.39, 0.29) is 19.4 Å². The fraction of sp³-hybridized carbons (Fsp3) is 0.917. The highest BCUT2D eigenvalue weighted by atomic mass is 19.1. The molecule has 4 heteroatoms. The van der Waals surface area contributed by atoms with Crippen LogP contribution in [0.2, 0.25) is 0 Å². The monoisotopic (exact) mass is 232 g/mol. The van der Waals surface area contributed by atoms with E-state index in [2.05, 4.69) is 4.74 Å². The van der Waals surface area contributed by atoms with Gasteiger partial charge in [-0.05, 0) is 19.8 Å². The second-order valence-corrected chi connectivity index (χ2v) is 4.46.